The molecule has 2 nitrogen and oxygen atoms in total. The second kappa shape index (κ2) is 2.27. The van der Waals surface area contributed by atoms with Crippen LogP contribution in [0.15, 0.2) is 0 Å². The van der Waals surface area contributed by atoms with E-state index in [0.717, 1.165) is 13.1 Å². The van der Waals surface area contributed by atoms with Gasteiger partial charge in [0.05, 0.1) is 0 Å². The van der Waals surface area contributed by atoms with E-state index in [1.165, 1.54) is 12.8 Å². The average Bonchev–Trinajstić information content (AvgIpc) is 1.62. The molecule has 1 aliphatic rings. The van der Waals surface area contributed by atoms with Crippen LogP contribution < -0.4 is 5.73 Å². The zero-order valence-corrected chi connectivity index (χ0v) is 6.35. The maximum absolute atomic E-state index is 5.96. The topological polar surface area (TPSA) is 29.3 Å². The molecule has 0 amide bonds. The maximum Gasteiger partial charge on any atom is 0.0412 e. The van der Waals surface area contributed by atoms with Crippen LogP contribution in [0.25, 0.3) is 0 Å². The molecule has 0 radical (unpaired) electrons. The van der Waals surface area contributed by atoms with E-state index in [2.05, 4.69) is 18.9 Å². The molecule has 9 heavy (non-hydrogen) atoms. The van der Waals surface area contributed by atoms with Gasteiger partial charge < -0.3 is 10.6 Å². The van der Waals surface area contributed by atoms with Crippen molar-refractivity contribution in [2.45, 2.75) is 25.3 Å². The number of hydrogen-bond donors (Lipinski definition) is 1. The number of rotatable bonds is 2. The average molecular weight is 128 g/mol. The fourth-order valence-electron chi connectivity index (χ4n) is 1.68. The highest BCUT2D eigenvalue weighted by molar-refractivity contribution is 4.97. The molecular weight excluding hydrogens is 112 g/mol. The third-order valence-corrected chi connectivity index (χ3v) is 1.92. The Hall–Kier alpha value is -0.0800. The Morgan fingerprint density at radius 3 is 2.44 bits per heavy atom. The van der Waals surface area contributed by atoms with E-state index in [4.69, 9.17) is 5.73 Å². The van der Waals surface area contributed by atoms with Gasteiger partial charge in [0.1, 0.15) is 0 Å². The lowest BCUT2D eigenvalue weighted by Gasteiger charge is -2.45. The normalized spacial score (nSPS) is 25.7. The largest absolute Gasteiger partial charge is 0.323 e. The molecule has 0 aromatic heterocycles. The summed E-state index contributed by atoms with van der Waals surface area (Å²) in [6.07, 6.45) is 2.39. The number of likely N-dealkylation sites (tertiary alicyclic amines) is 1. The summed E-state index contributed by atoms with van der Waals surface area (Å²) in [7, 11) is 2.11. The van der Waals surface area contributed by atoms with Crippen molar-refractivity contribution in [2.75, 3.05) is 20.1 Å². The lowest BCUT2D eigenvalue weighted by Crippen LogP contribution is -2.65. The van der Waals surface area contributed by atoms with Crippen molar-refractivity contribution in [3.63, 3.8) is 0 Å². The molecule has 1 fully saturated rings. The standard InChI is InChI=1S/C7H16N2/c1-3-4-7(8)5-9(2)6-7/h3-6,8H2,1-2H3. The Morgan fingerprint density at radius 2 is 2.11 bits per heavy atom. The first-order valence-electron chi connectivity index (χ1n) is 3.64. The minimum atomic E-state index is 0.170. The van der Waals surface area contributed by atoms with Gasteiger partial charge in [0.15, 0.2) is 0 Å². The van der Waals surface area contributed by atoms with E-state index >= 15 is 0 Å². The van der Waals surface area contributed by atoms with Crippen molar-refractivity contribution in [3.8, 4) is 0 Å². The molecule has 0 unspecified atom stereocenters. The monoisotopic (exact) mass is 128 g/mol. The van der Waals surface area contributed by atoms with E-state index in [1.54, 1.807) is 0 Å². The molecule has 2 N–H and O–H groups in total. The molecule has 1 saturated heterocycles. The van der Waals surface area contributed by atoms with Gasteiger partial charge in [-0.25, -0.2) is 0 Å². The van der Waals surface area contributed by atoms with E-state index in [0.29, 0.717) is 0 Å². The van der Waals surface area contributed by atoms with Gasteiger partial charge in [-0.2, -0.15) is 0 Å². The molecule has 1 rings (SSSR count). The summed E-state index contributed by atoms with van der Waals surface area (Å²) in [5.74, 6) is 0. The summed E-state index contributed by atoms with van der Waals surface area (Å²) in [5, 5.41) is 0. The quantitative estimate of drug-likeness (QED) is 0.584. The first-order valence-corrected chi connectivity index (χ1v) is 3.64. The minimum Gasteiger partial charge on any atom is -0.323 e. The van der Waals surface area contributed by atoms with Gasteiger partial charge >= 0.3 is 0 Å². The Labute approximate surface area is 57.0 Å². The first-order chi connectivity index (χ1) is 4.16. The molecule has 0 aromatic rings. The van der Waals surface area contributed by atoms with Crippen LogP contribution in [0.1, 0.15) is 19.8 Å². The second-order valence-corrected chi connectivity index (χ2v) is 3.28. The van der Waals surface area contributed by atoms with Gasteiger partial charge in [0.25, 0.3) is 0 Å². The smallest absolute Gasteiger partial charge is 0.0412 e. The Bertz CT molecular complexity index is 89.6. The van der Waals surface area contributed by atoms with Crippen molar-refractivity contribution < 1.29 is 0 Å². The fraction of sp³-hybridized carbons (Fsp3) is 1.00. The molecule has 0 saturated carbocycles. The Kier molecular flexibility index (Phi) is 1.78. The SMILES string of the molecule is CCCC1(N)CN(C)C1. The van der Waals surface area contributed by atoms with Gasteiger partial charge in [-0.3, -0.25) is 0 Å². The van der Waals surface area contributed by atoms with Crippen LogP contribution in [0, 0.1) is 0 Å². The molecule has 0 aliphatic carbocycles. The lowest BCUT2D eigenvalue weighted by molar-refractivity contribution is 0.0916. The van der Waals surface area contributed by atoms with Gasteiger partial charge in [0.2, 0.25) is 0 Å². The highest BCUT2D eigenvalue weighted by Crippen LogP contribution is 2.20. The van der Waals surface area contributed by atoms with Crippen LogP contribution in [-0.2, 0) is 0 Å². The van der Waals surface area contributed by atoms with Crippen molar-refractivity contribution in [3.05, 3.63) is 0 Å². The zero-order valence-electron chi connectivity index (χ0n) is 6.35. The van der Waals surface area contributed by atoms with Gasteiger partial charge in [-0.1, -0.05) is 13.3 Å². The van der Waals surface area contributed by atoms with E-state index in [-0.39, 0.29) is 5.54 Å². The van der Waals surface area contributed by atoms with Crippen LogP contribution >= 0.6 is 0 Å². The molecule has 54 valence electrons. The number of hydrogen-bond acceptors (Lipinski definition) is 2. The lowest BCUT2D eigenvalue weighted by atomic mass is 9.87. The Morgan fingerprint density at radius 1 is 1.56 bits per heavy atom. The summed E-state index contributed by atoms with van der Waals surface area (Å²) in [5.41, 5.74) is 6.13. The van der Waals surface area contributed by atoms with Crippen LogP contribution in [0.3, 0.4) is 0 Å². The molecule has 2 heteroatoms. The molecule has 1 aliphatic heterocycles. The fourth-order valence-corrected chi connectivity index (χ4v) is 1.68. The van der Waals surface area contributed by atoms with Crippen LogP contribution in [0.5, 0.6) is 0 Å². The maximum atomic E-state index is 5.96. The molecule has 0 bridgehead atoms. The van der Waals surface area contributed by atoms with Crippen LogP contribution in [0.4, 0.5) is 0 Å². The summed E-state index contributed by atoms with van der Waals surface area (Å²) >= 11 is 0. The van der Waals surface area contributed by atoms with E-state index in [9.17, 15) is 0 Å². The van der Waals surface area contributed by atoms with Gasteiger partial charge in [0, 0.05) is 18.6 Å². The predicted octanol–water partition coefficient (Wildman–Crippen LogP) is 0.429. The molecule has 1 heterocycles. The second-order valence-electron chi connectivity index (χ2n) is 3.28. The highest BCUT2D eigenvalue weighted by atomic mass is 15.2. The van der Waals surface area contributed by atoms with Crippen LogP contribution in [-0.4, -0.2) is 30.6 Å². The zero-order chi connectivity index (χ0) is 6.91. The van der Waals surface area contributed by atoms with Crippen molar-refractivity contribution in [2.24, 2.45) is 5.73 Å². The number of likely N-dealkylation sites (N-methyl/N-ethyl adjacent to an activating group) is 1. The predicted molar refractivity (Wildman–Crippen MR) is 39.3 cm³/mol. The molecule has 0 spiro atoms. The first kappa shape index (κ1) is 7.03. The van der Waals surface area contributed by atoms with Crippen LogP contribution in [0.2, 0.25) is 0 Å². The summed E-state index contributed by atoms with van der Waals surface area (Å²) in [4.78, 5) is 2.26. The third kappa shape index (κ3) is 1.43. The van der Waals surface area contributed by atoms with Gasteiger partial charge in [-0.15, -0.1) is 0 Å². The highest BCUT2D eigenvalue weighted by Gasteiger charge is 2.35. The number of nitrogens with two attached hydrogens (primary N) is 1. The Balaban J connectivity index is 2.23. The molecular formula is C7H16N2. The summed E-state index contributed by atoms with van der Waals surface area (Å²) in [6, 6.07) is 0. The van der Waals surface area contributed by atoms with Crippen molar-refractivity contribution >= 4 is 0 Å². The number of nitrogens with zero attached hydrogens (tertiary/aromatic N) is 1. The van der Waals surface area contributed by atoms with E-state index in [1.807, 2.05) is 0 Å². The third-order valence-electron chi connectivity index (χ3n) is 1.92. The van der Waals surface area contributed by atoms with Crippen molar-refractivity contribution in [1.82, 2.24) is 4.90 Å². The summed E-state index contributed by atoms with van der Waals surface area (Å²) < 4.78 is 0. The van der Waals surface area contributed by atoms with Gasteiger partial charge in [-0.05, 0) is 13.5 Å². The summed E-state index contributed by atoms with van der Waals surface area (Å²) in [6.45, 7) is 4.36. The molecule has 0 atom stereocenters. The van der Waals surface area contributed by atoms with E-state index < -0.39 is 0 Å². The van der Waals surface area contributed by atoms with Crippen molar-refractivity contribution in [1.29, 1.82) is 0 Å². The molecule has 0 aromatic carbocycles. The minimum absolute atomic E-state index is 0.170.